The van der Waals surface area contributed by atoms with Crippen molar-refractivity contribution in [2.75, 3.05) is 16.6 Å². The second kappa shape index (κ2) is 4.61. The summed E-state index contributed by atoms with van der Waals surface area (Å²) < 4.78 is 25.3. The Hall–Kier alpha value is -1.56. The molecule has 1 atom stereocenters. The molecule has 5 nitrogen and oxygen atoms in total. The van der Waals surface area contributed by atoms with E-state index >= 15 is 0 Å². The lowest BCUT2D eigenvalue weighted by Crippen LogP contribution is -2.31. The number of benzene rings is 1. The Balaban J connectivity index is 2.42. The molecule has 6 heteroatoms. The van der Waals surface area contributed by atoms with Crippen LogP contribution in [0.5, 0.6) is 0 Å². The largest absolute Gasteiger partial charge is 0.481 e. The van der Waals surface area contributed by atoms with Crippen LogP contribution in [0.3, 0.4) is 0 Å². The molecule has 0 bridgehead atoms. The van der Waals surface area contributed by atoms with Gasteiger partial charge in [0.05, 0.1) is 17.9 Å². The average molecular weight is 269 g/mol. The minimum atomic E-state index is -3.34. The number of sulfonamides is 1. The van der Waals surface area contributed by atoms with E-state index in [1.165, 1.54) is 4.31 Å². The number of aliphatic carboxylic acids is 1. The van der Waals surface area contributed by atoms with Gasteiger partial charge in [-0.05, 0) is 18.6 Å². The molecule has 1 aliphatic rings. The molecule has 0 saturated heterocycles. The topological polar surface area (TPSA) is 74.7 Å². The van der Waals surface area contributed by atoms with Gasteiger partial charge in [0.15, 0.2) is 0 Å². The van der Waals surface area contributed by atoms with Crippen LogP contribution >= 0.6 is 0 Å². The lowest BCUT2D eigenvalue weighted by molar-refractivity contribution is -0.137. The van der Waals surface area contributed by atoms with Gasteiger partial charge >= 0.3 is 5.97 Å². The second-order valence-electron chi connectivity index (χ2n) is 4.29. The van der Waals surface area contributed by atoms with Crippen LogP contribution < -0.4 is 4.31 Å². The molecule has 0 saturated carbocycles. The van der Waals surface area contributed by atoms with Crippen molar-refractivity contribution in [3.8, 4) is 0 Å². The third-order valence-corrected chi connectivity index (χ3v) is 4.90. The van der Waals surface area contributed by atoms with Gasteiger partial charge in [-0.3, -0.25) is 9.10 Å². The van der Waals surface area contributed by atoms with Crippen LogP contribution in [-0.2, 0) is 14.8 Å². The second-order valence-corrected chi connectivity index (χ2v) is 6.47. The zero-order valence-corrected chi connectivity index (χ0v) is 10.9. The van der Waals surface area contributed by atoms with Gasteiger partial charge in [0.1, 0.15) is 0 Å². The Labute approximate surface area is 106 Å². The van der Waals surface area contributed by atoms with E-state index in [9.17, 15) is 13.2 Å². The fourth-order valence-electron chi connectivity index (χ4n) is 2.26. The molecule has 0 radical (unpaired) electrons. The first-order chi connectivity index (χ1) is 8.45. The Morgan fingerprint density at radius 3 is 2.72 bits per heavy atom. The Bertz CT molecular complexity index is 567. The maximum Gasteiger partial charge on any atom is 0.304 e. The summed E-state index contributed by atoms with van der Waals surface area (Å²) in [6.07, 6.45) is -0.0489. The van der Waals surface area contributed by atoms with Crippen molar-refractivity contribution < 1.29 is 18.3 Å². The van der Waals surface area contributed by atoms with E-state index in [0.717, 1.165) is 5.56 Å². The van der Waals surface area contributed by atoms with Crippen molar-refractivity contribution in [2.45, 2.75) is 19.3 Å². The number of nitrogens with zero attached hydrogens (tertiary/aromatic N) is 1. The number of hydrogen-bond acceptors (Lipinski definition) is 3. The molecule has 2 rings (SSSR count). The molecule has 1 aliphatic heterocycles. The summed E-state index contributed by atoms with van der Waals surface area (Å²) in [7, 11) is -3.34. The van der Waals surface area contributed by atoms with Gasteiger partial charge in [0.2, 0.25) is 10.0 Å². The number of carbonyl (C=O) groups is 1. The van der Waals surface area contributed by atoms with Gasteiger partial charge in [-0.2, -0.15) is 0 Å². The van der Waals surface area contributed by atoms with E-state index < -0.39 is 16.0 Å². The van der Waals surface area contributed by atoms with Crippen molar-refractivity contribution in [3.63, 3.8) is 0 Å². The zero-order chi connectivity index (χ0) is 13.3. The molecule has 0 aromatic heterocycles. The molecule has 0 aliphatic carbocycles. The summed E-state index contributed by atoms with van der Waals surface area (Å²) >= 11 is 0. The van der Waals surface area contributed by atoms with Crippen LogP contribution in [0.2, 0.25) is 0 Å². The molecule has 0 spiro atoms. The first kappa shape index (κ1) is 12.9. The van der Waals surface area contributed by atoms with Crippen molar-refractivity contribution in [2.24, 2.45) is 0 Å². The molecule has 1 heterocycles. The summed E-state index contributed by atoms with van der Waals surface area (Å²) in [6, 6.07) is 7.09. The van der Waals surface area contributed by atoms with Crippen LogP contribution in [0, 0.1) is 0 Å². The SMILES string of the molecule is CCS(=O)(=O)N1CC(CC(=O)O)c2ccccc21. The van der Waals surface area contributed by atoms with Gasteiger partial charge < -0.3 is 5.11 Å². The maximum atomic E-state index is 12.0. The average Bonchev–Trinajstić information content (AvgIpc) is 2.69. The maximum absolute atomic E-state index is 12.0. The number of hydrogen-bond donors (Lipinski definition) is 1. The summed E-state index contributed by atoms with van der Waals surface area (Å²) in [5.74, 6) is -1.16. The third-order valence-electron chi connectivity index (χ3n) is 3.15. The van der Waals surface area contributed by atoms with E-state index in [1.807, 2.05) is 0 Å². The number of fused-ring (bicyclic) bond motifs is 1. The monoisotopic (exact) mass is 269 g/mol. The van der Waals surface area contributed by atoms with Gasteiger partial charge in [0, 0.05) is 12.5 Å². The van der Waals surface area contributed by atoms with Crippen LogP contribution in [0.15, 0.2) is 24.3 Å². The highest BCUT2D eigenvalue weighted by Crippen LogP contribution is 2.39. The summed E-state index contributed by atoms with van der Waals surface area (Å²) in [5, 5.41) is 8.88. The van der Waals surface area contributed by atoms with E-state index in [0.29, 0.717) is 5.69 Å². The van der Waals surface area contributed by atoms with Gasteiger partial charge in [-0.1, -0.05) is 18.2 Å². The Morgan fingerprint density at radius 2 is 2.11 bits per heavy atom. The Kier molecular flexibility index (Phi) is 3.30. The fraction of sp³-hybridized carbons (Fsp3) is 0.417. The fourth-order valence-corrected chi connectivity index (χ4v) is 3.45. The number of carboxylic acid groups (broad SMARTS) is 1. The predicted octanol–water partition coefficient (Wildman–Crippen LogP) is 1.41. The van der Waals surface area contributed by atoms with Gasteiger partial charge in [0.25, 0.3) is 0 Å². The smallest absolute Gasteiger partial charge is 0.304 e. The lowest BCUT2D eigenvalue weighted by atomic mass is 9.98. The zero-order valence-electron chi connectivity index (χ0n) is 10.0. The quantitative estimate of drug-likeness (QED) is 0.897. The van der Waals surface area contributed by atoms with Gasteiger partial charge in [-0.25, -0.2) is 8.42 Å². The molecule has 1 aromatic rings. The molecule has 1 N–H and O–H groups in total. The molecule has 18 heavy (non-hydrogen) atoms. The van der Waals surface area contributed by atoms with E-state index in [-0.39, 0.29) is 24.6 Å². The van der Waals surface area contributed by atoms with Crippen LogP contribution in [0.4, 0.5) is 5.69 Å². The predicted molar refractivity (Wildman–Crippen MR) is 68.2 cm³/mol. The molecule has 0 fully saturated rings. The summed E-state index contributed by atoms with van der Waals surface area (Å²) in [6.45, 7) is 1.81. The molecule has 0 amide bonds. The summed E-state index contributed by atoms with van der Waals surface area (Å²) in [4.78, 5) is 10.8. The van der Waals surface area contributed by atoms with Crippen molar-refractivity contribution in [1.82, 2.24) is 0 Å². The van der Waals surface area contributed by atoms with Crippen molar-refractivity contribution in [3.05, 3.63) is 29.8 Å². The third kappa shape index (κ3) is 2.20. The lowest BCUT2D eigenvalue weighted by Gasteiger charge is -2.18. The molecule has 1 aromatic carbocycles. The first-order valence-corrected chi connectivity index (χ1v) is 7.37. The highest BCUT2D eigenvalue weighted by atomic mass is 32.2. The van der Waals surface area contributed by atoms with Crippen molar-refractivity contribution >= 4 is 21.7 Å². The number of carboxylic acids is 1. The Morgan fingerprint density at radius 1 is 1.44 bits per heavy atom. The van der Waals surface area contributed by atoms with Crippen LogP contribution in [0.1, 0.15) is 24.8 Å². The minimum absolute atomic E-state index is 0.0150. The van der Waals surface area contributed by atoms with E-state index in [4.69, 9.17) is 5.11 Å². The molecular weight excluding hydrogens is 254 g/mol. The van der Waals surface area contributed by atoms with E-state index in [2.05, 4.69) is 0 Å². The highest BCUT2D eigenvalue weighted by Gasteiger charge is 2.35. The number of rotatable bonds is 4. The highest BCUT2D eigenvalue weighted by molar-refractivity contribution is 7.92. The van der Waals surface area contributed by atoms with Crippen molar-refractivity contribution in [1.29, 1.82) is 0 Å². The van der Waals surface area contributed by atoms with Gasteiger partial charge in [-0.15, -0.1) is 0 Å². The standard InChI is InChI=1S/C12H15NO4S/c1-2-18(16,17)13-8-9(7-12(14)15)10-5-3-4-6-11(10)13/h3-6,9H,2,7-8H2,1H3,(H,14,15). The van der Waals surface area contributed by atoms with E-state index in [1.54, 1.807) is 31.2 Å². The minimum Gasteiger partial charge on any atom is -0.481 e. The normalized spacial score (nSPS) is 18.7. The molecule has 98 valence electrons. The molecular formula is C12H15NO4S. The summed E-state index contributed by atoms with van der Waals surface area (Å²) in [5.41, 5.74) is 1.42. The van der Waals surface area contributed by atoms with Crippen LogP contribution in [-0.4, -0.2) is 31.8 Å². The number of anilines is 1. The van der Waals surface area contributed by atoms with Crippen LogP contribution in [0.25, 0.3) is 0 Å². The molecule has 1 unspecified atom stereocenters. The number of para-hydroxylation sites is 1. The first-order valence-electron chi connectivity index (χ1n) is 5.77.